The van der Waals surface area contributed by atoms with Crippen molar-refractivity contribution in [2.75, 3.05) is 6.54 Å². The van der Waals surface area contributed by atoms with Crippen LogP contribution in [0.3, 0.4) is 0 Å². The van der Waals surface area contributed by atoms with Gasteiger partial charge in [0, 0.05) is 21.7 Å². The minimum Gasteiger partial charge on any atom is -0.387 e. The summed E-state index contributed by atoms with van der Waals surface area (Å²) >= 11 is 1.68. The van der Waals surface area contributed by atoms with Crippen LogP contribution in [0.1, 0.15) is 35.6 Å². The molecule has 0 bridgehead atoms. The van der Waals surface area contributed by atoms with Gasteiger partial charge in [-0.05, 0) is 37.8 Å². The Labute approximate surface area is 95.1 Å². The second-order valence-electron chi connectivity index (χ2n) is 4.93. The number of aliphatic hydroxyl groups excluding tert-OH is 1. The van der Waals surface area contributed by atoms with Crippen molar-refractivity contribution in [3.8, 4) is 0 Å². The first-order chi connectivity index (χ1) is 7.07. The second-order valence-corrected chi connectivity index (χ2v) is 6.25. The summed E-state index contributed by atoms with van der Waals surface area (Å²) in [5.74, 6) is 0.712. The quantitative estimate of drug-likeness (QED) is 0.830. The molecular weight excluding hydrogens is 206 g/mol. The van der Waals surface area contributed by atoms with Crippen LogP contribution < -0.4 is 5.73 Å². The Morgan fingerprint density at radius 1 is 1.60 bits per heavy atom. The summed E-state index contributed by atoms with van der Waals surface area (Å²) < 4.78 is 0. The van der Waals surface area contributed by atoms with Crippen molar-refractivity contribution < 1.29 is 5.11 Å². The molecule has 0 saturated heterocycles. The van der Waals surface area contributed by atoms with Crippen molar-refractivity contribution in [2.45, 2.75) is 32.8 Å². The molecule has 0 aromatic carbocycles. The van der Waals surface area contributed by atoms with E-state index in [4.69, 9.17) is 5.73 Å². The normalized spacial score (nSPS) is 32.4. The number of rotatable bonds is 3. The Hall–Kier alpha value is -0.380. The maximum absolute atomic E-state index is 10.4. The molecule has 3 heteroatoms. The summed E-state index contributed by atoms with van der Waals surface area (Å²) in [5, 5.41) is 10.4. The zero-order valence-corrected chi connectivity index (χ0v) is 10.2. The van der Waals surface area contributed by atoms with E-state index in [-0.39, 0.29) is 11.5 Å². The van der Waals surface area contributed by atoms with Gasteiger partial charge in [0.05, 0.1) is 6.10 Å². The van der Waals surface area contributed by atoms with Crippen LogP contribution in [-0.2, 0) is 0 Å². The minimum absolute atomic E-state index is 0.0449. The SMILES string of the molecule is Cc1ccc([C@H](O)C2(CN)CC(C)C2)s1. The Morgan fingerprint density at radius 2 is 2.27 bits per heavy atom. The van der Waals surface area contributed by atoms with Crippen molar-refractivity contribution in [2.24, 2.45) is 17.1 Å². The van der Waals surface area contributed by atoms with Gasteiger partial charge >= 0.3 is 0 Å². The molecule has 2 nitrogen and oxygen atoms in total. The summed E-state index contributed by atoms with van der Waals surface area (Å²) in [4.78, 5) is 2.33. The highest BCUT2D eigenvalue weighted by Gasteiger charge is 2.47. The highest BCUT2D eigenvalue weighted by atomic mass is 32.1. The molecule has 1 atom stereocenters. The lowest BCUT2D eigenvalue weighted by atomic mass is 9.59. The molecule has 2 rings (SSSR count). The van der Waals surface area contributed by atoms with Crippen molar-refractivity contribution in [1.82, 2.24) is 0 Å². The predicted octanol–water partition coefficient (Wildman–Crippen LogP) is 2.46. The maximum atomic E-state index is 10.4. The van der Waals surface area contributed by atoms with Crippen LogP contribution in [-0.4, -0.2) is 11.7 Å². The largest absolute Gasteiger partial charge is 0.387 e. The molecule has 1 aromatic rings. The van der Waals surface area contributed by atoms with Crippen LogP contribution in [0.2, 0.25) is 0 Å². The van der Waals surface area contributed by atoms with Crippen molar-refractivity contribution in [1.29, 1.82) is 0 Å². The van der Waals surface area contributed by atoms with Crippen LogP contribution in [0, 0.1) is 18.3 Å². The van der Waals surface area contributed by atoms with E-state index in [0.29, 0.717) is 12.5 Å². The molecule has 0 radical (unpaired) electrons. The summed E-state index contributed by atoms with van der Waals surface area (Å²) in [6, 6.07) is 4.10. The average Bonchev–Trinajstić information content (AvgIpc) is 2.58. The third kappa shape index (κ3) is 1.84. The molecule has 1 aliphatic carbocycles. The molecule has 84 valence electrons. The lowest BCUT2D eigenvalue weighted by Crippen LogP contribution is -2.46. The van der Waals surface area contributed by atoms with Crippen LogP contribution >= 0.6 is 11.3 Å². The number of hydrogen-bond donors (Lipinski definition) is 2. The van der Waals surface area contributed by atoms with E-state index >= 15 is 0 Å². The Balaban J connectivity index is 2.16. The summed E-state index contributed by atoms with van der Waals surface area (Å²) in [7, 11) is 0. The van der Waals surface area contributed by atoms with Crippen LogP contribution in [0.4, 0.5) is 0 Å². The van der Waals surface area contributed by atoms with Gasteiger partial charge in [-0.3, -0.25) is 0 Å². The van der Waals surface area contributed by atoms with E-state index < -0.39 is 0 Å². The van der Waals surface area contributed by atoms with E-state index in [1.807, 2.05) is 6.07 Å². The predicted molar refractivity (Wildman–Crippen MR) is 63.9 cm³/mol. The summed E-state index contributed by atoms with van der Waals surface area (Å²) in [6.07, 6.45) is 1.75. The van der Waals surface area contributed by atoms with Crippen LogP contribution in [0.15, 0.2) is 12.1 Å². The van der Waals surface area contributed by atoms with Gasteiger partial charge in [-0.15, -0.1) is 11.3 Å². The van der Waals surface area contributed by atoms with Gasteiger partial charge in [-0.25, -0.2) is 0 Å². The van der Waals surface area contributed by atoms with E-state index in [0.717, 1.165) is 17.7 Å². The Kier molecular flexibility index (Phi) is 2.88. The van der Waals surface area contributed by atoms with Crippen molar-refractivity contribution in [3.63, 3.8) is 0 Å². The topological polar surface area (TPSA) is 46.2 Å². The van der Waals surface area contributed by atoms with Gasteiger partial charge in [-0.1, -0.05) is 6.92 Å². The fourth-order valence-corrected chi connectivity index (χ4v) is 3.74. The van der Waals surface area contributed by atoms with Gasteiger partial charge < -0.3 is 10.8 Å². The fourth-order valence-electron chi connectivity index (χ4n) is 2.73. The molecule has 1 saturated carbocycles. The third-order valence-corrected chi connectivity index (χ3v) is 4.58. The first-order valence-corrected chi connectivity index (χ1v) is 6.33. The fraction of sp³-hybridized carbons (Fsp3) is 0.667. The molecule has 1 heterocycles. The zero-order chi connectivity index (χ0) is 11.1. The smallest absolute Gasteiger partial charge is 0.0950 e. The number of aliphatic hydroxyl groups is 1. The number of aryl methyl sites for hydroxylation is 1. The monoisotopic (exact) mass is 225 g/mol. The zero-order valence-electron chi connectivity index (χ0n) is 9.36. The Bertz CT molecular complexity index is 341. The lowest BCUT2D eigenvalue weighted by molar-refractivity contribution is -0.0583. The minimum atomic E-state index is -0.364. The van der Waals surface area contributed by atoms with Gasteiger partial charge in [0.1, 0.15) is 0 Å². The Morgan fingerprint density at radius 3 is 2.67 bits per heavy atom. The highest BCUT2D eigenvalue weighted by molar-refractivity contribution is 7.12. The first kappa shape index (κ1) is 11.1. The van der Waals surface area contributed by atoms with Crippen molar-refractivity contribution in [3.05, 3.63) is 21.9 Å². The molecule has 0 amide bonds. The third-order valence-electron chi connectivity index (χ3n) is 3.53. The van der Waals surface area contributed by atoms with Gasteiger partial charge in [0.25, 0.3) is 0 Å². The lowest BCUT2D eigenvalue weighted by Gasteiger charge is -2.48. The number of hydrogen-bond acceptors (Lipinski definition) is 3. The van der Waals surface area contributed by atoms with E-state index in [2.05, 4.69) is 19.9 Å². The summed E-state index contributed by atoms with van der Waals surface area (Å²) in [5.41, 5.74) is 5.78. The van der Waals surface area contributed by atoms with Crippen LogP contribution in [0.5, 0.6) is 0 Å². The first-order valence-electron chi connectivity index (χ1n) is 5.52. The molecular formula is C12H19NOS. The number of thiophene rings is 1. The number of nitrogens with two attached hydrogens (primary N) is 1. The molecule has 0 unspecified atom stereocenters. The molecule has 1 aromatic heterocycles. The molecule has 1 fully saturated rings. The standard InChI is InChI=1S/C12H19NOS/c1-8-5-12(6-8,7-13)11(14)10-4-3-9(2)15-10/h3-4,8,11,14H,5-7,13H2,1-2H3/t8?,11-,12?/m0/s1. The van der Waals surface area contributed by atoms with Gasteiger partial charge in [0.15, 0.2) is 0 Å². The molecule has 0 aliphatic heterocycles. The van der Waals surface area contributed by atoms with Gasteiger partial charge in [-0.2, -0.15) is 0 Å². The van der Waals surface area contributed by atoms with Crippen molar-refractivity contribution >= 4 is 11.3 Å². The van der Waals surface area contributed by atoms with Crippen LogP contribution in [0.25, 0.3) is 0 Å². The van der Waals surface area contributed by atoms with E-state index in [9.17, 15) is 5.11 Å². The van der Waals surface area contributed by atoms with E-state index in [1.54, 1.807) is 11.3 Å². The molecule has 15 heavy (non-hydrogen) atoms. The van der Waals surface area contributed by atoms with Gasteiger partial charge in [0.2, 0.25) is 0 Å². The highest BCUT2D eigenvalue weighted by Crippen LogP contribution is 2.53. The average molecular weight is 225 g/mol. The molecule has 1 aliphatic rings. The maximum Gasteiger partial charge on any atom is 0.0950 e. The summed E-state index contributed by atoms with van der Waals surface area (Å²) in [6.45, 7) is 4.88. The van der Waals surface area contributed by atoms with E-state index in [1.165, 1.54) is 4.88 Å². The molecule has 0 spiro atoms. The molecule has 3 N–H and O–H groups in total. The second kappa shape index (κ2) is 3.89.